The fraction of sp³-hybridized carbons (Fsp3) is 0.467. The molecule has 1 aromatic carbocycles. The maximum absolute atomic E-state index is 10.3. The van der Waals surface area contributed by atoms with Crippen molar-refractivity contribution in [1.82, 2.24) is 10.1 Å². The molecule has 0 bridgehead atoms. The van der Waals surface area contributed by atoms with Gasteiger partial charge in [-0.05, 0) is 12.5 Å². The van der Waals surface area contributed by atoms with Crippen LogP contribution >= 0.6 is 0 Å². The van der Waals surface area contributed by atoms with Gasteiger partial charge in [0, 0.05) is 13.0 Å². The van der Waals surface area contributed by atoms with E-state index in [4.69, 9.17) is 9.26 Å². The zero-order valence-electron chi connectivity index (χ0n) is 11.8. The monoisotopic (exact) mass is 276 g/mol. The summed E-state index contributed by atoms with van der Waals surface area (Å²) in [5.41, 5.74) is 0.842. The Labute approximate surface area is 118 Å². The summed E-state index contributed by atoms with van der Waals surface area (Å²) >= 11 is 0. The molecule has 0 aliphatic heterocycles. The molecule has 0 aliphatic carbocycles. The summed E-state index contributed by atoms with van der Waals surface area (Å²) in [4.78, 5) is 4.31. The van der Waals surface area contributed by atoms with E-state index in [-0.39, 0.29) is 5.92 Å². The number of hydrogen-bond acceptors (Lipinski definition) is 5. The van der Waals surface area contributed by atoms with E-state index in [0.717, 1.165) is 5.56 Å². The van der Waals surface area contributed by atoms with Crippen LogP contribution in [-0.4, -0.2) is 28.5 Å². The van der Waals surface area contributed by atoms with Crippen LogP contribution in [0.15, 0.2) is 34.9 Å². The third-order valence-corrected chi connectivity index (χ3v) is 3.16. The van der Waals surface area contributed by atoms with Gasteiger partial charge in [0.2, 0.25) is 5.89 Å². The van der Waals surface area contributed by atoms with Crippen LogP contribution < -0.4 is 0 Å². The van der Waals surface area contributed by atoms with Gasteiger partial charge in [0.1, 0.15) is 0 Å². The van der Waals surface area contributed by atoms with Crippen LogP contribution in [0.1, 0.15) is 43.1 Å². The second-order valence-corrected chi connectivity index (χ2v) is 4.64. The van der Waals surface area contributed by atoms with Crippen molar-refractivity contribution >= 4 is 0 Å². The topological polar surface area (TPSA) is 68.4 Å². The first-order chi connectivity index (χ1) is 9.72. The highest BCUT2D eigenvalue weighted by Crippen LogP contribution is 2.29. The standard InChI is InChI=1S/C15H20N2O3/c1-3-19-10-9-13-16-15(20-17-13)11(2)14(18)12-7-5-4-6-8-12/h4-8,11,14,18H,3,9-10H2,1-2H3. The van der Waals surface area contributed by atoms with Crippen LogP contribution in [0.3, 0.4) is 0 Å². The van der Waals surface area contributed by atoms with Gasteiger partial charge in [-0.1, -0.05) is 42.4 Å². The molecule has 1 heterocycles. The molecule has 0 amide bonds. The van der Waals surface area contributed by atoms with E-state index in [1.165, 1.54) is 0 Å². The summed E-state index contributed by atoms with van der Waals surface area (Å²) in [5, 5.41) is 14.2. The highest BCUT2D eigenvalue weighted by atomic mass is 16.5. The van der Waals surface area contributed by atoms with E-state index >= 15 is 0 Å². The summed E-state index contributed by atoms with van der Waals surface area (Å²) in [6.07, 6.45) is -0.0396. The number of nitrogens with zero attached hydrogens (tertiary/aromatic N) is 2. The summed E-state index contributed by atoms with van der Waals surface area (Å²) in [7, 11) is 0. The van der Waals surface area contributed by atoms with Crippen molar-refractivity contribution in [3.63, 3.8) is 0 Å². The zero-order valence-corrected chi connectivity index (χ0v) is 11.8. The molecule has 20 heavy (non-hydrogen) atoms. The summed E-state index contributed by atoms with van der Waals surface area (Å²) in [5.74, 6) is 0.819. The predicted octanol–water partition coefficient (Wildman–Crippen LogP) is 2.49. The predicted molar refractivity (Wildman–Crippen MR) is 74.3 cm³/mol. The molecule has 0 saturated carbocycles. The largest absolute Gasteiger partial charge is 0.388 e. The van der Waals surface area contributed by atoms with Crippen molar-refractivity contribution < 1.29 is 14.4 Å². The van der Waals surface area contributed by atoms with Crippen molar-refractivity contribution in [3.05, 3.63) is 47.6 Å². The third kappa shape index (κ3) is 3.65. The van der Waals surface area contributed by atoms with Gasteiger partial charge < -0.3 is 14.4 Å². The van der Waals surface area contributed by atoms with Gasteiger partial charge >= 0.3 is 0 Å². The minimum atomic E-state index is -0.656. The van der Waals surface area contributed by atoms with Crippen LogP contribution in [0.25, 0.3) is 0 Å². The Bertz CT molecular complexity index is 513. The zero-order chi connectivity index (χ0) is 14.4. The Morgan fingerprint density at radius 3 is 2.75 bits per heavy atom. The highest BCUT2D eigenvalue weighted by Gasteiger charge is 2.23. The van der Waals surface area contributed by atoms with E-state index < -0.39 is 6.10 Å². The number of aliphatic hydroxyl groups excluding tert-OH is 1. The normalized spacial score (nSPS) is 14.2. The molecule has 2 atom stereocenters. The van der Waals surface area contributed by atoms with E-state index in [0.29, 0.717) is 31.3 Å². The maximum atomic E-state index is 10.3. The molecular weight excluding hydrogens is 256 g/mol. The lowest BCUT2D eigenvalue weighted by molar-refractivity contribution is 0.134. The number of hydrogen-bond donors (Lipinski definition) is 1. The first-order valence-electron chi connectivity index (χ1n) is 6.85. The molecule has 1 N–H and O–H groups in total. The highest BCUT2D eigenvalue weighted by molar-refractivity contribution is 5.20. The van der Waals surface area contributed by atoms with Crippen LogP contribution in [0.2, 0.25) is 0 Å². The Morgan fingerprint density at radius 1 is 1.30 bits per heavy atom. The third-order valence-electron chi connectivity index (χ3n) is 3.16. The molecule has 5 heteroatoms. The van der Waals surface area contributed by atoms with Gasteiger partial charge in [0.25, 0.3) is 0 Å². The molecule has 0 spiro atoms. The first-order valence-corrected chi connectivity index (χ1v) is 6.85. The van der Waals surface area contributed by atoms with Crippen molar-refractivity contribution in [2.75, 3.05) is 13.2 Å². The van der Waals surface area contributed by atoms with Crippen LogP contribution in [0.5, 0.6) is 0 Å². The van der Waals surface area contributed by atoms with E-state index in [2.05, 4.69) is 10.1 Å². The fourth-order valence-electron chi connectivity index (χ4n) is 1.94. The number of aromatic nitrogens is 2. The molecule has 0 radical (unpaired) electrons. The molecule has 2 unspecified atom stereocenters. The molecule has 1 aromatic heterocycles. The lowest BCUT2D eigenvalue weighted by Gasteiger charge is -2.15. The number of ether oxygens (including phenoxy) is 1. The van der Waals surface area contributed by atoms with Crippen LogP contribution in [-0.2, 0) is 11.2 Å². The van der Waals surface area contributed by atoms with Gasteiger partial charge in [-0.2, -0.15) is 4.98 Å². The lowest BCUT2D eigenvalue weighted by atomic mass is 9.97. The Hall–Kier alpha value is -1.72. The average molecular weight is 276 g/mol. The Balaban J connectivity index is 2.00. The SMILES string of the molecule is CCOCCc1noc(C(C)C(O)c2ccccc2)n1. The number of benzene rings is 1. The van der Waals surface area contributed by atoms with Gasteiger partial charge in [0.05, 0.1) is 18.6 Å². The molecule has 2 aromatic rings. The molecular formula is C15H20N2O3. The van der Waals surface area contributed by atoms with E-state index in [9.17, 15) is 5.11 Å². The summed E-state index contributed by atoms with van der Waals surface area (Å²) in [6, 6.07) is 9.47. The van der Waals surface area contributed by atoms with E-state index in [1.54, 1.807) is 0 Å². The van der Waals surface area contributed by atoms with Gasteiger partial charge in [0.15, 0.2) is 5.82 Å². The number of aliphatic hydroxyl groups is 1. The van der Waals surface area contributed by atoms with Crippen LogP contribution in [0.4, 0.5) is 0 Å². The Morgan fingerprint density at radius 2 is 2.05 bits per heavy atom. The lowest BCUT2D eigenvalue weighted by Crippen LogP contribution is -2.08. The molecule has 108 valence electrons. The minimum Gasteiger partial charge on any atom is -0.388 e. The second-order valence-electron chi connectivity index (χ2n) is 4.64. The maximum Gasteiger partial charge on any atom is 0.232 e. The average Bonchev–Trinajstić information content (AvgIpc) is 2.96. The van der Waals surface area contributed by atoms with E-state index in [1.807, 2.05) is 44.2 Å². The Kier molecular flexibility index (Phi) is 5.26. The molecule has 0 aliphatic rings. The second kappa shape index (κ2) is 7.17. The fourth-order valence-corrected chi connectivity index (χ4v) is 1.94. The van der Waals surface area contributed by atoms with Gasteiger partial charge in [-0.25, -0.2) is 0 Å². The number of rotatable bonds is 7. The van der Waals surface area contributed by atoms with Crippen molar-refractivity contribution in [1.29, 1.82) is 0 Å². The molecule has 2 rings (SSSR count). The minimum absolute atomic E-state index is 0.245. The van der Waals surface area contributed by atoms with Crippen molar-refractivity contribution in [3.8, 4) is 0 Å². The smallest absolute Gasteiger partial charge is 0.232 e. The molecule has 0 saturated heterocycles. The summed E-state index contributed by atoms with van der Waals surface area (Å²) in [6.45, 7) is 5.07. The molecule has 5 nitrogen and oxygen atoms in total. The van der Waals surface area contributed by atoms with Crippen molar-refractivity contribution in [2.45, 2.75) is 32.3 Å². The van der Waals surface area contributed by atoms with Crippen LogP contribution in [0, 0.1) is 0 Å². The quantitative estimate of drug-likeness (QED) is 0.787. The first kappa shape index (κ1) is 14.7. The van der Waals surface area contributed by atoms with Gasteiger partial charge in [-0.15, -0.1) is 0 Å². The molecule has 0 fully saturated rings. The van der Waals surface area contributed by atoms with Crippen molar-refractivity contribution in [2.24, 2.45) is 0 Å². The van der Waals surface area contributed by atoms with Gasteiger partial charge in [-0.3, -0.25) is 0 Å². The summed E-state index contributed by atoms with van der Waals surface area (Å²) < 4.78 is 10.5.